The van der Waals surface area contributed by atoms with Gasteiger partial charge in [0.1, 0.15) is 11.6 Å². The van der Waals surface area contributed by atoms with Gasteiger partial charge in [-0.3, -0.25) is 14.8 Å². The second kappa shape index (κ2) is 11.2. The van der Waals surface area contributed by atoms with Crippen LogP contribution in [0.5, 0.6) is 0 Å². The van der Waals surface area contributed by atoms with E-state index in [0.29, 0.717) is 5.56 Å². The van der Waals surface area contributed by atoms with Gasteiger partial charge in [-0.25, -0.2) is 19.1 Å². The Hall–Kier alpha value is -4.56. The van der Waals surface area contributed by atoms with Crippen molar-refractivity contribution in [2.24, 2.45) is 0 Å². The van der Waals surface area contributed by atoms with E-state index in [1.807, 2.05) is 5.32 Å². The zero-order valence-electron chi connectivity index (χ0n) is 17.2. The van der Waals surface area contributed by atoms with Gasteiger partial charge in [-0.05, 0) is 54.2 Å². The van der Waals surface area contributed by atoms with Crippen molar-refractivity contribution in [2.45, 2.75) is 24.9 Å². The molecule has 2 aromatic rings. The second-order valence-corrected chi connectivity index (χ2v) is 6.48. The fourth-order valence-electron chi connectivity index (χ4n) is 2.44. The van der Waals surface area contributed by atoms with E-state index in [-0.39, 0.29) is 11.4 Å². The number of hydrogen-bond acceptors (Lipinski definition) is 7. The number of carbonyl (C=O) groups is 3. The maximum Gasteiger partial charge on any atom is 0.315 e. The third-order valence-electron chi connectivity index (χ3n) is 4.25. The number of urea groups is 1. The molecule has 1 heterocycles. The van der Waals surface area contributed by atoms with Crippen LogP contribution in [0.3, 0.4) is 0 Å². The molecule has 0 aliphatic rings. The third kappa shape index (κ3) is 6.46. The molecule has 0 aliphatic heterocycles. The number of alkyl halides is 2. The van der Waals surface area contributed by atoms with Crippen LogP contribution in [0.25, 0.3) is 0 Å². The molecule has 1 aromatic heterocycles. The van der Waals surface area contributed by atoms with Crippen molar-refractivity contribution in [3.05, 3.63) is 41.2 Å². The molecule has 2 rings (SSSR count). The predicted molar refractivity (Wildman–Crippen MR) is 108 cm³/mol. The van der Waals surface area contributed by atoms with Gasteiger partial charge >= 0.3 is 6.03 Å². The van der Waals surface area contributed by atoms with Gasteiger partial charge in [0.05, 0.1) is 0 Å². The van der Waals surface area contributed by atoms with E-state index in [1.165, 1.54) is 36.8 Å². The Balaban J connectivity index is 2.19. The summed E-state index contributed by atoms with van der Waals surface area (Å²) in [5.41, 5.74) is -0.844. The summed E-state index contributed by atoms with van der Waals surface area (Å²) in [6.45, 7) is 0.849. The van der Waals surface area contributed by atoms with Crippen molar-refractivity contribution < 1.29 is 28.4 Å². The number of H-pyrrole nitrogens is 1. The number of nitrogens with one attached hydrogen (secondary N) is 5. The van der Waals surface area contributed by atoms with Gasteiger partial charge in [0.2, 0.25) is 5.82 Å². The highest BCUT2D eigenvalue weighted by molar-refractivity contribution is 5.98. The highest BCUT2D eigenvalue weighted by Gasteiger charge is 2.48. The summed E-state index contributed by atoms with van der Waals surface area (Å²) in [6.07, 6.45) is -3.29. The highest BCUT2D eigenvalue weighted by Crippen LogP contribution is 2.21. The number of hydroxylamine groups is 1. The SMILES string of the molecule is CNC(=O)NC(C)(C(F)F)C(NC(=O)c1ccc(C#CC#Cc2nn[nH]n2)cc1)C(=O)NO. The van der Waals surface area contributed by atoms with E-state index >= 15 is 0 Å². The summed E-state index contributed by atoms with van der Waals surface area (Å²) >= 11 is 0. The molecule has 14 heteroatoms. The molecule has 12 nitrogen and oxygen atoms in total. The molecule has 0 radical (unpaired) electrons. The first kappa shape index (κ1) is 24.7. The molecule has 4 amide bonds. The lowest BCUT2D eigenvalue weighted by Crippen LogP contribution is -2.69. The lowest BCUT2D eigenvalue weighted by Gasteiger charge is -2.36. The van der Waals surface area contributed by atoms with Crippen LogP contribution < -0.4 is 21.4 Å². The lowest BCUT2D eigenvalue weighted by molar-refractivity contribution is -0.135. The summed E-state index contributed by atoms with van der Waals surface area (Å²) < 4.78 is 27.6. The summed E-state index contributed by atoms with van der Waals surface area (Å²) in [7, 11) is 1.18. The first-order chi connectivity index (χ1) is 15.7. The average Bonchev–Trinajstić information content (AvgIpc) is 3.33. The minimum atomic E-state index is -3.29. The molecule has 0 spiro atoms. The van der Waals surface area contributed by atoms with E-state index in [2.05, 4.69) is 54.9 Å². The number of aromatic nitrogens is 4. The van der Waals surface area contributed by atoms with Crippen molar-refractivity contribution in [3.63, 3.8) is 0 Å². The number of carbonyl (C=O) groups excluding carboxylic acids is 3. The molecule has 0 saturated carbocycles. The van der Waals surface area contributed by atoms with Crippen LogP contribution in [0, 0.1) is 23.7 Å². The smallest absolute Gasteiger partial charge is 0.315 e. The van der Waals surface area contributed by atoms with E-state index in [0.717, 1.165) is 6.92 Å². The highest BCUT2D eigenvalue weighted by atomic mass is 19.3. The number of hydrogen-bond donors (Lipinski definition) is 6. The minimum Gasteiger partial charge on any atom is -0.341 e. The number of aromatic amines is 1. The van der Waals surface area contributed by atoms with E-state index in [9.17, 15) is 23.2 Å². The van der Waals surface area contributed by atoms with E-state index < -0.39 is 35.9 Å². The summed E-state index contributed by atoms with van der Waals surface area (Å²) in [5, 5.41) is 27.9. The molecule has 1 aromatic carbocycles. The molecule has 172 valence electrons. The molecule has 0 aliphatic carbocycles. The Morgan fingerprint density at radius 2 is 1.82 bits per heavy atom. The summed E-state index contributed by atoms with van der Waals surface area (Å²) in [4.78, 5) is 36.3. The van der Waals surface area contributed by atoms with Crippen molar-refractivity contribution in [3.8, 4) is 23.7 Å². The van der Waals surface area contributed by atoms with Gasteiger partial charge in [-0.1, -0.05) is 11.0 Å². The average molecular weight is 460 g/mol. The zero-order chi connectivity index (χ0) is 24.4. The van der Waals surface area contributed by atoms with Gasteiger partial charge in [-0.2, -0.15) is 5.21 Å². The molecule has 6 N–H and O–H groups in total. The largest absolute Gasteiger partial charge is 0.341 e. The van der Waals surface area contributed by atoms with Gasteiger partial charge in [-0.15, -0.1) is 5.10 Å². The van der Waals surface area contributed by atoms with E-state index in [4.69, 9.17) is 5.21 Å². The Morgan fingerprint density at radius 1 is 1.15 bits per heavy atom. The Bertz CT molecular complexity index is 1120. The second-order valence-electron chi connectivity index (χ2n) is 6.48. The maximum absolute atomic E-state index is 13.8. The van der Waals surface area contributed by atoms with E-state index in [1.54, 1.807) is 0 Å². The van der Waals surface area contributed by atoms with Crippen LogP contribution in [-0.4, -0.2) is 68.7 Å². The number of halogens is 2. The molecular weight excluding hydrogens is 442 g/mol. The lowest BCUT2D eigenvalue weighted by atomic mass is 9.91. The van der Waals surface area contributed by atoms with Gasteiger partial charge < -0.3 is 16.0 Å². The first-order valence-corrected chi connectivity index (χ1v) is 9.09. The molecular formula is C19H18F2N8O4. The van der Waals surface area contributed by atoms with Crippen LogP contribution >= 0.6 is 0 Å². The maximum atomic E-state index is 13.8. The Kier molecular flexibility index (Phi) is 8.36. The van der Waals surface area contributed by atoms with Gasteiger partial charge in [0.25, 0.3) is 18.2 Å². The number of rotatable bonds is 6. The third-order valence-corrected chi connectivity index (χ3v) is 4.25. The molecule has 2 unspecified atom stereocenters. The van der Waals surface area contributed by atoms with Crippen molar-refractivity contribution >= 4 is 17.8 Å². The Labute approximate surface area is 185 Å². The monoisotopic (exact) mass is 460 g/mol. The molecule has 33 heavy (non-hydrogen) atoms. The number of amides is 4. The van der Waals surface area contributed by atoms with Crippen LogP contribution in [0.2, 0.25) is 0 Å². The predicted octanol–water partition coefficient (Wildman–Crippen LogP) is -0.840. The zero-order valence-corrected chi connectivity index (χ0v) is 17.2. The topological polar surface area (TPSA) is 174 Å². The number of nitrogens with zero attached hydrogens (tertiary/aromatic N) is 3. The van der Waals surface area contributed by atoms with Crippen LogP contribution in [0.4, 0.5) is 13.6 Å². The number of benzene rings is 1. The quantitative estimate of drug-likeness (QED) is 0.185. The van der Waals surface area contributed by atoms with Gasteiger partial charge in [0.15, 0.2) is 0 Å². The minimum absolute atomic E-state index is 0.00531. The van der Waals surface area contributed by atoms with Gasteiger partial charge in [0, 0.05) is 18.2 Å². The number of tetrazole rings is 1. The van der Waals surface area contributed by atoms with Crippen LogP contribution in [0.15, 0.2) is 24.3 Å². The summed E-state index contributed by atoms with van der Waals surface area (Å²) in [6, 6.07) is 2.57. The molecule has 2 atom stereocenters. The van der Waals surface area contributed by atoms with Crippen LogP contribution in [-0.2, 0) is 4.79 Å². The molecule has 0 bridgehead atoms. The Morgan fingerprint density at radius 3 is 2.36 bits per heavy atom. The van der Waals surface area contributed by atoms with Crippen molar-refractivity contribution in [2.75, 3.05) is 7.05 Å². The standard InChI is InChI=1S/C19H18F2N8O4/c1-19(17(20)21,24-18(32)22-2)14(16(31)27-33)23-15(30)12-9-7-11(8-10-12)5-3-4-6-13-25-28-29-26-13/h7-10,14,17,33H,1-2H3,(H,23,30)(H,27,31)(H2,22,24,32)(H,25,26,28,29). The molecule has 0 fully saturated rings. The van der Waals surface area contributed by atoms with Crippen LogP contribution in [0.1, 0.15) is 28.7 Å². The molecule has 0 saturated heterocycles. The fourth-order valence-corrected chi connectivity index (χ4v) is 2.44. The van der Waals surface area contributed by atoms with Crippen molar-refractivity contribution in [1.82, 2.24) is 42.1 Å². The summed E-state index contributed by atoms with van der Waals surface area (Å²) in [5.74, 6) is 8.23. The first-order valence-electron chi connectivity index (χ1n) is 9.09. The van der Waals surface area contributed by atoms with Crippen molar-refractivity contribution in [1.29, 1.82) is 0 Å². The fraction of sp³-hybridized carbons (Fsp3) is 0.263. The normalized spacial score (nSPS) is 12.7.